The van der Waals surface area contributed by atoms with Crippen LogP contribution in [0.1, 0.15) is 0 Å². The average Bonchev–Trinajstić information content (AvgIpc) is 3.00. The number of hydrogen-bond acceptors (Lipinski definition) is 6. The molecule has 8 nitrogen and oxygen atoms in total. The van der Waals surface area contributed by atoms with Crippen LogP contribution >= 0.6 is 0 Å². The van der Waals surface area contributed by atoms with E-state index in [4.69, 9.17) is 0 Å². The number of aromatic nitrogens is 4. The standard InChI is InChI=1S/C13H12N6O2/c20-19(21)12-4-3-11(13-10(12)2-1-5-15-13)14-6-8-18-9-7-16-17-18/h1-5,7,9,14H,6,8H2. The van der Waals surface area contributed by atoms with Crippen molar-refractivity contribution in [2.45, 2.75) is 6.54 Å². The molecule has 0 unspecified atom stereocenters. The molecule has 21 heavy (non-hydrogen) atoms. The Morgan fingerprint density at radius 1 is 1.29 bits per heavy atom. The minimum absolute atomic E-state index is 0.0555. The van der Waals surface area contributed by atoms with Gasteiger partial charge in [0.05, 0.1) is 28.7 Å². The second-order valence-electron chi connectivity index (χ2n) is 4.38. The Bertz CT molecular complexity index is 771. The number of nitro benzene ring substituents is 1. The van der Waals surface area contributed by atoms with Gasteiger partial charge in [-0.2, -0.15) is 0 Å². The van der Waals surface area contributed by atoms with E-state index >= 15 is 0 Å². The van der Waals surface area contributed by atoms with E-state index in [1.54, 1.807) is 41.5 Å². The molecule has 0 spiro atoms. The molecule has 0 fully saturated rings. The van der Waals surface area contributed by atoms with Crippen molar-refractivity contribution in [2.24, 2.45) is 0 Å². The van der Waals surface area contributed by atoms with Gasteiger partial charge >= 0.3 is 0 Å². The lowest BCUT2D eigenvalue weighted by Crippen LogP contribution is -2.11. The van der Waals surface area contributed by atoms with Crippen molar-refractivity contribution in [3.63, 3.8) is 0 Å². The lowest BCUT2D eigenvalue weighted by atomic mass is 10.1. The molecule has 3 aromatic rings. The van der Waals surface area contributed by atoms with Gasteiger partial charge in [0.2, 0.25) is 0 Å². The molecule has 8 heteroatoms. The second kappa shape index (κ2) is 5.53. The van der Waals surface area contributed by atoms with E-state index in [0.29, 0.717) is 24.0 Å². The van der Waals surface area contributed by atoms with E-state index in [1.165, 1.54) is 6.07 Å². The van der Waals surface area contributed by atoms with Crippen LogP contribution in [-0.4, -0.2) is 31.4 Å². The lowest BCUT2D eigenvalue weighted by Gasteiger charge is -2.09. The molecule has 0 radical (unpaired) electrons. The van der Waals surface area contributed by atoms with E-state index in [2.05, 4.69) is 20.6 Å². The molecule has 0 saturated carbocycles. The summed E-state index contributed by atoms with van der Waals surface area (Å²) in [7, 11) is 0. The largest absolute Gasteiger partial charge is 0.381 e. The molecule has 1 N–H and O–H groups in total. The fourth-order valence-corrected chi connectivity index (χ4v) is 2.12. The van der Waals surface area contributed by atoms with Crippen LogP contribution in [0.25, 0.3) is 10.9 Å². The smallest absolute Gasteiger partial charge is 0.278 e. The number of non-ortho nitro benzene ring substituents is 1. The number of nitrogens with zero attached hydrogens (tertiary/aromatic N) is 5. The van der Waals surface area contributed by atoms with Crippen molar-refractivity contribution in [2.75, 3.05) is 11.9 Å². The van der Waals surface area contributed by atoms with Crippen LogP contribution in [0.3, 0.4) is 0 Å². The summed E-state index contributed by atoms with van der Waals surface area (Å²) in [5.41, 5.74) is 1.40. The number of fused-ring (bicyclic) bond motifs is 1. The third kappa shape index (κ3) is 2.64. The van der Waals surface area contributed by atoms with Crippen molar-refractivity contribution in [1.29, 1.82) is 0 Å². The highest BCUT2D eigenvalue weighted by Crippen LogP contribution is 2.29. The molecule has 2 heterocycles. The molecular formula is C13H12N6O2. The minimum Gasteiger partial charge on any atom is -0.381 e. The summed E-state index contributed by atoms with van der Waals surface area (Å²) in [5, 5.41) is 22.4. The zero-order chi connectivity index (χ0) is 14.7. The highest BCUT2D eigenvalue weighted by atomic mass is 16.6. The summed E-state index contributed by atoms with van der Waals surface area (Å²) in [6.45, 7) is 1.26. The average molecular weight is 284 g/mol. The number of benzene rings is 1. The zero-order valence-electron chi connectivity index (χ0n) is 11.0. The van der Waals surface area contributed by atoms with Crippen LogP contribution in [0.15, 0.2) is 42.9 Å². The van der Waals surface area contributed by atoms with Crippen LogP contribution in [0.5, 0.6) is 0 Å². The number of nitro groups is 1. The van der Waals surface area contributed by atoms with Crippen LogP contribution in [0, 0.1) is 10.1 Å². The van der Waals surface area contributed by atoms with E-state index in [1.807, 2.05) is 0 Å². The van der Waals surface area contributed by atoms with Gasteiger partial charge in [-0.05, 0) is 18.2 Å². The first kappa shape index (κ1) is 13.0. The molecule has 1 aromatic carbocycles. The fraction of sp³-hybridized carbons (Fsp3) is 0.154. The van der Waals surface area contributed by atoms with Crippen molar-refractivity contribution in [1.82, 2.24) is 20.0 Å². The number of pyridine rings is 1. The number of hydrogen-bond donors (Lipinski definition) is 1. The predicted molar refractivity (Wildman–Crippen MR) is 76.9 cm³/mol. The Morgan fingerprint density at radius 2 is 2.19 bits per heavy atom. The topological polar surface area (TPSA) is 98.8 Å². The summed E-state index contributed by atoms with van der Waals surface area (Å²) in [5.74, 6) is 0. The molecule has 0 bridgehead atoms. The SMILES string of the molecule is O=[N+]([O-])c1ccc(NCCn2ccnn2)c2ncccc12. The number of anilines is 1. The van der Waals surface area contributed by atoms with Gasteiger partial charge in [0.25, 0.3) is 5.69 Å². The van der Waals surface area contributed by atoms with Gasteiger partial charge in [0, 0.05) is 25.0 Å². The quantitative estimate of drug-likeness (QED) is 0.567. The Kier molecular flexibility index (Phi) is 3.42. The predicted octanol–water partition coefficient (Wildman–Crippen LogP) is 1.85. The Labute approximate surface area is 119 Å². The molecule has 3 rings (SSSR count). The highest BCUT2D eigenvalue weighted by Gasteiger charge is 2.14. The Hall–Kier alpha value is -3.03. The second-order valence-corrected chi connectivity index (χ2v) is 4.38. The first-order valence-corrected chi connectivity index (χ1v) is 6.36. The van der Waals surface area contributed by atoms with Gasteiger partial charge in [0.1, 0.15) is 5.52 Å². The van der Waals surface area contributed by atoms with E-state index in [-0.39, 0.29) is 5.69 Å². The number of nitrogens with one attached hydrogen (secondary N) is 1. The van der Waals surface area contributed by atoms with Gasteiger partial charge < -0.3 is 5.32 Å². The monoisotopic (exact) mass is 284 g/mol. The Balaban J connectivity index is 1.85. The molecule has 0 amide bonds. The van der Waals surface area contributed by atoms with Crippen molar-refractivity contribution < 1.29 is 4.92 Å². The molecule has 0 atom stereocenters. The Morgan fingerprint density at radius 3 is 2.95 bits per heavy atom. The molecule has 2 aromatic heterocycles. The molecule has 0 aliphatic heterocycles. The zero-order valence-corrected chi connectivity index (χ0v) is 11.0. The van der Waals surface area contributed by atoms with Crippen molar-refractivity contribution in [3.8, 4) is 0 Å². The molecule has 0 aliphatic carbocycles. The molecule has 106 valence electrons. The van der Waals surface area contributed by atoms with E-state index in [0.717, 1.165) is 5.69 Å². The highest BCUT2D eigenvalue weighted by molar-refractivity contribution is 5.96. The fourth-order valence-electron chi connectivity index (χ4n) is 2.12. The summed E-state index contributed by atoms with van der Waals surface area (Å²) in [6.07, 6.45) is 5.01. The summed E-state index contributed by atoms with van der Waals surface area (Å²) in [6, 6.07) is 6.55. The van der Waals surface area contributed by atoms with Gasteiger partial charge in [-0.15, -0.1) is 5.10 Å². The van der Waals surface area contributed by atoms with E-state index < -0.39 is 4.92 Å². The summed E-state index contributed by atoms with van der Waals surface area (Å²) < 4.78 is 1.70. The van der Waals surface area contributed by atoms with E-state index in [9.17, 15) is 10.1 Å². The third-order valence-corrected chi connectivity index (χ3v) is 3.07. The van der Waals surface area contributed by atoms with Gasteiger partial charge in [-0.25, -0.2) is 0 Å². The lowest BCUT2D eigenvalue weighted by molar-refractivity contribution is -0.383. The maximum Gasteiger partial charge on any atom is 0.278 e. The van der Waals surface area contributed by atoms with Gasteiger partial charge in [-0.3, -0.25) is 19.8 Å². The van der Waals surface area contributed by atoms with Gasteiger partial charge in [0.15, 0.2) is 0 Å². The van der Waals surface area contributed by atoms with Crippen LogP contribution in [-0.2, 0) is 6.54 Å². The first-order valence-electron chi connectivity index (χ1n) is 6.36. The summed E-state index contributed by atoms with van der Waals surface area (Å²) in [4.78, 5) is 14.9. The van der Waals surface area contributed by atoms with Crippen molar-refractivity contribution >= 4 is 22.3 Å². The molecule has 0 aliphatic rings. The summed E-state index contributed by atoms with van der Waals surface area (Å²) >= 11 is 0. The number of rotatable bonds is 5. The van der Waals surface area contributed by atoms with Crippen LogP contribution in [0.2, 0.25) is 0 Å². The maximum atomic E-state index is 11.0. The van der Waals surface area contributed by atoms with Crippen LogP contribution < -0.4 is 5.32 Å². The normalized spacial score (nSPS) is 10.7. The van der Waals surface area contributed by atoms with Gasteiger partial charge in [-0.1, -0.05) is 5.21 Å². The minimum atomic E-state index is -0.400. The van der Waals surface area contributed by atoms with Crippen molar-refractivity contribution in [3.05, 3.63) is 53.0 Å². The van der Waals surface area contributed by atoms with Crippen LogP contribution in [0.4, 0.5) is 11.4 Å². The maximum absolute atomic E-state index is 11.0. The molecule has 0 saturated heterocycles. The molecular weight excluding hydrogens is 272 g/mol. The first-order chi connectivity index (χ1) is 10.3. The third-order valence-electron chi connectivity index (χ3n) is 3.07.